The van der Waals surface area contributed by atoms with Crippen LogP contribution >= 0.6 is 11.8 Å². The standard InChI is InChI=1S/C20H25FN2O2S/c1-4-14(3)26-15-9-10-18(13(2)11-15)23-20(25)22-12-19(24)16-7-5-6-8-17(16)21/h5-11,14,19,24H,4,12H2,1-3H3,(H2,22,23,25). The molecule has 0 aliphatic heterocycles. The summed E-state index contributed by atoms with van der Waals surface area (Å²) in [4.78, 5) is 13.2. The Morgan fingerprint density at radius 1 is 1.27 bits per heavy atom. The van der Waals surface area contributed by atoms with Gasteiger partial charge in [0.1, 0.15) is 5.82 Å². The monoisotopic (exact) mass is 376 g/mol. The van der Waals surface area contributed by atoms with E-state index >= 15 is 0 Å². The highest BCUT2D eigenvalue weighted by Crippen LogP contribution is 2.28. The van der Waals surface area contributed by atoms with Gasteiger partial charge in [0.05, 0.1) is 6.10 Å². The molecule has 0 spiro atoms. The largest absolute Gasteiger partial charge is 0.386 e. The van der Waals surface area contributed by atoms with Crippen LogP contribution in [0.2, 0.25) is 0 Å². The molecule has 2 rings (SSSR count). The van der Waals surface area contributed by atoms with Crippen molar-refractivity contribution < 1.29 is 14.3 Å². The number of aliphatic hydroxyl groups is 1. The van der Waals surface area contributed by atoms with Crippen molar-refractivity contribution in [2.24, 2.45) is 0 Å². The molecule has 0 fully saturated rings. The lowest BCUT2D eigenvalue weighted by molar-refractivity contribution is 0.170. The number of benzene rings is 2. The fraction of sp³-hybridized carbons (Fsp3) is 0.350. The number of aryl methyl sites for hydroxylation is 1. The van der Waals surface area contributed by atoms with Crippen molar-refractivity contribution in [1.29, 1.82) is 0 Å². The minimum absolute atomic E-state index is 0.0756. The summed E-state index contributed by atoms with van der Waals surface area (Å²) in [7, 11) is 0. The molecule has 0 aromatic heterocycles. The van der Waals surface area contributed by atoms with E-state index in [-0.39, 0.29) is 12.1 Å². The quantitative estimate of drug-likeness (QED) is 0.604. The zero-order valence-electron chi connectivity index (χ0n) is 15.3. The highest BCUT2D eigenvalue weighted by atomic mass is 32.2. The molecule has 4 nitrogen and oxygen atoms in total. The third-order valence-corrected chi connectivity index (χ3v) is 5.34. The molecule has 0 aliphatic rings. The van der Waals surface area contributed by atoms with Crippen LogP contribution < -0.4 is 10.6 Å². The predicted octanol–water partition coefficient (Wildman–Crippen LogP) is 4.88. The summed E-state index contributed by atoms with van der Waals surface area (Å²) in [6.45, 7) is 6.19. The minimum Gasteiger partial charge on any atom is -0.386 e. The number of anilines is 1. The van der Waals surface area contributed by atoms with Crippen molar-refractivity contribution in [3.05, 3.63) is 59.4 Å². The van der Waals surface area contributed by atoms with Crippen LogP contribution in [0.15, 0.2) is 47.4 Å². The number of urea groups is 1. The lowest BCUT2D eigenvalue weighted by Crippen LogP contribution is -2.32. The van der Waals surface area contributed by atoms with Crippen LogP contribution in [0.25, 0.3) is 0 Å². The van der Waals surface area contributed by atoms with Crippen LogP contribution in [0.3, 0.4) is 0 Å². The summed E-state index contributed by atoms with van der Waals surface area (Å²) >= 11 is 1.80. The molecule has 6 heteroatoms. The van der Waals surface area contributed by atoms with Gasteiger partial charge < -0.3 is 15.7 Å². The first-order valence-corrected chi connectivity index (χ1v) is 9.53. The van der Waals surface area contributed by atoms with E-state index < -0.39 is 18.0 Å². The van der Waals surface area contributed by atoms with Gasteiger partial charge in [-0.1, -0.05) is 32.0 Å². The molecule has 2 unspecified atom stereocenters. The maximum atomic E-state index is 13.6. The first kappa shape index (κ1) is 20.3. The van der Waals surface area contributed by atoms with Crippen LogP contribution in [-0.4, -0.2) is 22.9 Å². The Labute approximate surface area is 158 Å². The van der Waals surface area contributed by atoms with Crippen LogP contribution in [0.1, 0.15) is 37.5 Å². The summed E-state index contributed by atoms with van der Waals surface area (Å²) in [5.74, 6) is -0.493. The van der Waals surface area contributed by atoms with E-state index in [1.807, 2.05) is 25.1 Å². The molecule has 0 heterocycles. The van der Waals surface area contributed by atoms with Crippen LogP contribution in [0, 0.1) is 12.7 Å². The molecular weight excluding hydrogens is 351 g/mol. The molecule has 26 heavy (non-hydrogen) atoms. The highest BCUT2D eigenvalue weighted by molar-refractivity contribution is 7.99. The first-order chi connectivity index (χ1) is 12.4. The highest BCUT2D eigenvalue weighted by Gasteiger charge is 2.14. The lowest BCUT2D eigenvalue weighted by atomic mass is 10.1. The zero-order chi connectivity index (χ0) is 19.1. The van der Waals surface area contributed by atoms with E-state index in [0.29, 0.717) is 10.9 Å². The number of halogens is 1. The second kappa shape index (κ2) is 9.59. The molecule has 0 radical (unpaired) electrons. The number of hydrogen-bond acceptors (Lipinski definition) is 3. The molecule has 0 saturated heterocycles. The predicted molar refractivity (Wildman–Crippen MR) is 105 cm³/mol. The van der Waals surface area contributed by atoms with Crippen LogP contribution in [0.5, 0.6) is 0 Å². The van der Waals surface area contributed by atoms with Crippen LogP contribution in [-0.2, 0) is 0 Å². The third-order valence-electron chi connectivity index (χ3n) is 4.08. The zero-order valence-corrected chi connectivity index (χ0v) is 16.1. The fourth-order valence-corrected chi connectivity index (χ4v) is 3.40. The topological polar surface area (TPSA) is 61.4 Å². The van der Waals surface area contributed by atoms with E-state index in [0.717, 1.165) is 16.9 Å². The summed E-state index contributed by atoms with van der Waals surface area (Å²) in [5, 5.41) is 15.9. The van der Waals surface area contributed by atoms with Crippen molar-refractivity contribution in [3.8, 4) is 0 Å². The van der Waals surface area contributed by atoms with Crippen LogP contribution in [0.4, 0.5) is 14.9 Å². The van der Waals surface area contributed by atoms with Gasteiger partial charge in [-0.15, -0.1) is 11.8 Å². The number of amides is 2. The van der Waals surface area contributed by atoms with E-state index in [1.165, 1.54) is 12.1 Å². The SMILES string of the molecule is CCC(C)Sc1ccc(NC(=O)NCC(O)c2ccccc2F)c(C)c1. The maximum absolute atomic E-state index is 13.6. The Morgan fingerprint density at radius 3 is 2.65 bits per heavy atom. The Hall–Kier alpha value is -2.05. The van der Waals surface area contributed by atoms with Gasteiger partial charge in [0.15, 0.2) is 0 Å². The van der Waals surface area contributed by atoms with Gasteiger partial charge in [-0.2, -0.15) is 0 Å². The normalized spacial score (nSPS) is 13.1. The van der Waals surface area contributed by atoms with Gasteiger partial charge in [0.25, 0.3) is 0 Å². The van der Waals surface area contributed by atoms with Gasteiger partial charge >= 0.3 is 6.03 Å². The maximum Gasteiger partial charge on any atom is 0.319 e. The molecule has 140 valence electrons. The summed E-state index contributed by atoms with van der Waals surface area (Å²) in [6.07, 6.45) is -0.00596. The summed E-state index contributed by atoms with van der Waals surface area (Å²) < 4.78 is 13.6. The van der Waals surface area contributed by atoms with E-state index in [1.54, 1.807) is 23.9 Å². The number of aliphatic hydroxyl groups excluding tert-OH is 1. The Balaban J connectivity index is 1.90. The summed E-state index contributed by atoms with van der Waals surface area (Å²) in [6, 6.07) is 11.4. The second-order valence-corrected chi connectivity index (χ2v) is 7.70. The Morgan fingerprint density at radius 2 is 2.00 bits per heavy atom. The third kappa shape index (κ3) is 5.75. The number of nitrogens with one attached hydrogen (secondary N) is 2. The van der Waals surface area contributed by atoms with Gasteiger partial charge in [0.2, 0.25) is 0 Å². The lowest BCUT2D eigenvalue weighted by Gasteiger charge is -2.15. The molecule has 2 atom stereocenters. The van der Waals surface area contributed by atoms with Crippen molar-refractivity contribution in [2.75, 3.05) is 11.9 Å². The van der Waals surface area contributed by atoms with Crippen molar-refractivity contribution >= 4 is 23.5 Å². The molecule has 2 amide bonds. The van der Waals surface area contributed by atoms with Gasteiger partial charge in [-0.3, -0.25) is 0 Å². The van der Waals surface area contributed by atoms with Crippen molar-refractivity contribution in [3.63, 3.8) is 0 Å². The molecular formula is C20H25FN2O2S. The number of rotatable bonds is 7. The average molecular weight is 376 g/mol. The fourth-order valence-electron chi connectivity index (χ4n) is 2.38. The minimum atomic E-state index is -1.10. The number of carbonyl (C=O) groups is 1. The van der Waals surface area contributed by atoms with Crippen molar-refractivity contribution in [1.82, 2.24) is 5.32 Å². The first-order valence-electron chi connectivity index (χ1n) is 8.65. The molecule has 3 N–H and O–H groups in total. The Kier molecular flexibility index (Phi) is 7.48. The van der Waals surface area contributed by atoms with E-state index in [2.05, 4.69) is 24.5 Å². The number of thioether (sulfide) groups is 1. The van der Waals surface area contributed by atoms with Gasteiger partial charge in [-0.05, 0) is 43.2 Å². The summed E-state index contributed by atoms with van der Waals surface area (Å²) in [5.41, 5.74) is 1.83. The Bertz CT molecular complexity index is 754. The molecule has 2 aromatic rings. The van der Waals surface area contributed by atoms with Crippen molar-refractivity contribution in [2.45, 2.75) is 43.4 Å². The van der Waals surface area contributed by atoms with E-state index in [9.17, 15) is 14.3 Å². The molecule has 0 aliphatic carbocycles. The van der Waals surface area contributed by atoms with E-state index in [4.69, 9.17) is 0 Å². The second-order valence-electron chi connectivity index (χ2n) is 6.19. The smallest absolute Gasteiger partial charge is 0.319 e. The van der Waals surface area contributed by atoms with Gasteiger partial charge in [-0.25, -0.2) is 9.18 Å². The molecule has 0 saturated carbocycles. The molecule has 0 bridgehead atoms. The molecule has 2 aromatic carbocycles. The van der Waals surface area contributed by atoms with Gasteiger partial charge in [0, 0.05) is 27.9 Å². The average Bonchev–Trinajstić information content (AvgIpc) is 2.62. The number of hydrogen-bond donors (Lipinski definition) is 3. The number of carbonyl (C=O) groups excluding carboxylic acids is 1.